The number of nitrogens with one attached hydrogen (secondary N) is 1. The van der Waals surface area contributed by atoms with Crippen LogP contribution in [0.2, 0.25) is 0 Å². The van der Waals surface area contributed by atoms with E-state index in [-0.39, 0.29) is 0 Å². The van der Waals surface area contributed by atoms with Gasteiger partial charge in [0.2, 0.25) is 0 Å². The number of hydrogen-bond acceptors (Lipinski definition) is 3. The van der Waals surface area contributed by atoms with E-state index in [9.17, 15) is 0 Å². The third kappa shape index (κ3) is 3.42. The minimum Gasteiger partial charge on any atom is -0.389 e. The second-order valence-corrected chi connectivity index (χ2v) is 5.79. The Morgan fingerprint density at radius 1 is 1.33 bits per heavy atom. The molecule has 0 amide bonds. The van der Waals surface area contributed by atoms with Crippen LogP contribution in [0.5, 0.6) is 0 Å². The fraction of sp³-hybridized carbons (Fsp3) is 0.571. The molecule has 4 heteroatoms. The maximum Gasteiger partial charge on any atom is 0.127 e. The van der Waals surface area contributed by atoms with E-state index in [1.807, 2.05) is 19.1 Å². The van der Waals surface area contributed by atoms with E-state index in [1.54, 1.807) is 0 Å². The smallest absolute Gasteiger partial charge is 0.127 e. The summed E-state index contributed by atoms with van der Waals surface area (Å²) in [6, 6.07) is 4.42. The maximum atomic E-state index is 5.68. The monoisotopic (exact) mass is 263 g/mol. The zero-order chi connectivity index (χ0) is 13.1. The molecule has 0 atom stereocenters. The molecule has 3 nitrogen and oxygen atoms in total. The molecule has 1 aliphatic carbocycles. The van der Waals surface area contributed by atoms with Gasteiger partial charge >= 0.3 is 0 Å². The van der Waals surface area contributed by atoms with E-state index in [4.69, 9.17) is 18.0 Å². The lowest BCUT2D eigenvalue weighted by Crippen LogP contribution is -2.26. The summed E-state index contributed by atoms with van der Waals surface area (Å²) < 4.78 is 0. The second-order valence-electron chi connectivity index (χ2n) is 5.35. The first-order chi connectivity index (χ1) is 8.54. The molecule has 18 heavy (non-hydrogen) atoms. The van der Waals surface area contributed by atoms with E-state index in [1.165, 1.54) is 25.7 Å². The number of aromatic nitrogens is 1. The Bertz CT molecular complexity index is 437. The van der Waals surface area contributed by atoms with Crippen molar-refractivity contribution in [1.29, 1.82) is 0 Å². The maximum absolute atomic E-state index is 5.68. The number of hydrogen-bond donors (Lipinski definition) is 2. The summed E-state index contributed by atoms with van der Waals surface area (Å²) >= 11 is 5.02. The highest BCUT2D eigenvalue weighted by Crippen LogP contribution is 2.25. The van der Waals surface area contributed by atoms with Gasteiger partial charge in [0, 0.05) is 17.3 Å². The number of nitrogens with two attached hydrogens (primary N) is 1. The number of anilines is 1. The summed E-state index contributed by atoms with van der Waals surface area (Å²) in [6.45, 7) is 4.29. The molecule has 1 aliphatic rings. The summed E-state index contributed by atoms with van der Waals surface area (Å²) in [4.78, 5) is 4.93. The van der Waals surface area contributed by atoms with Crippen LogP contribution in [-0.2, 0) is 0 Å². The van der Waals surface area contributed by atoms with Gasteiger partial charge in [-0.3, -0.25) is 0 Å². The van der Waals surface area contributed by atoms with E-state index in [0.29, 0.717) is 11.0 Å². The summed E-state index contributed by atoms with van der Waals surface area (Å²) in [5.41, 5.74) is 7.52. The highest BCUT2D eigenvalue weighted by Gasteiger charge is 2.18. The Morgan fingerprint density at radius 3 is 2.61 bits per heavy atom. The van der Waals surface area contributed by atoms with Gasteiger partial charge in [-0.05, 0) is 50.7 Å². The predicted octanol–water partition coefficient (Wildman–Crippen LogP) is 3.01. The molecule has 0 aromatic carbocycles. The molecular formula is C14H21N3S. The first kappa shape index (κ1) is 13.3. The van der Waals surface area contributed by atoms with Crippen molar-refractivity contribution in [2.45, 2.75) is 45.6 Å². The normalized spacial score (nSPS) is 23.7. The number of pyridine rings is 1. The first-order valence-electron chi connectivity index (χ1n) is 6.59. The predicted molar refractivity (Wildman–Crippen MR) is 79.9 cm³/mol. The molecule has 2 rings (SSSR count). The lowest BCUT2D eigenvalue weighted by atomic mass is 9.87. The zero-order valence-corrected chi connectivity index (χ0v) is 11.9. The topological polar surface area (TPSA) is 50.9 Å². The molecule has 98 valence electrons. The molecule has 1 aromatic rings. The minimum atomic E-state index is 0.431. The minimum absolute atomic E-state index is 0.431. The van der Waals surface area contributed by atoms with Gasteiger partial charge in [-0.1, -0.05) is 19.1 Å². The molecule has 1 heterocycles. The lowest BCUT2D eigenvalue weighted by molar-refractivity contribution is 0.361. The Balaban J connectivity index is 2.07. The SMILES string of the molecule is Cc1cc(C(N)=S)cc(NC2CCC(C)CC2)n1. The van der Waals surface area contributed by atoms with Gasteiger partial charge < -0.3 is 11.1 Å². The van der Waals surface area contributed by atoms with Gasteiger partial charge in [-0.15, -0.1) is 0 Å². The van der Waals surface area contributed by atoms with Crippen LogP contribution in [0.4, 0.5) is 5.82 Å². The Morgan fingerprint density at radius 2 is 2.00 bits per heavy atom. The van der Waals surface area contributed by atoms with E-state index >= 15 is 0 Å². The van der Waals surface area contributed by atoms with Crippen molar-refractivity contribution in [1.82, 2.24) is 4.98 Å². The average Bonchev–Trinajstić information content (AvgIpc) is 2.31. The van der Waals surface area contributed by atoms with Crippen molar-refractivity contribution in [3.8, 4) is 0 Å². The zero-order valence-electron chi connectivity index (χ0n) is 11.1. The molecule has 0 radical (unpaired) electrons. The van der Waals surface area contributed by atoms with E-state index in [2.05, 4.69) is 17.2 Å². The van der Waals surface area contributed by atoms with Gasteiger partial charge in [0.25, 0.3) is 0 Å². The lowest BCUT2D eigenvalue weighted by Gasteiger charge is -2.27. The summed E-state index contributed by atoms with van der Waals surface area (Å²) in [7, 11) is 0. The van der Waals surface area contributed by atoms with Crippen LogP contribution in [0.15, 0.2) is 12.1 Å². The Labute approximate surface area is 114 Å². The standard InChI is InChI=1S/C14H21N3S/c1-9-3-5-12(6-4-9)17-13-8-11(14(15)18)7-10(2)16-13/h7-9,12H,3-6H2,1-2H3,(H2,15,18)(H,16,17). The van der Waals surface area contributed by atoms with Crippen LogP contribution >= 0.6 is 12.2 Å². The number of nitrogens with zero attached hydrogens (tertiary/aromatic N) is 1. The first-order valence-corrected chi connectivity index (χ1v) is 7.00. The third-order valence-electron chi connectivity index (χ3n) is 3.61. The van der Waals surface area contributed by atoms with Crippen LogP contribution in [0.1, 0.15) is 43.9 Å². The molecule has 0 spiro atoms. The third-order valence-corrected chi connectivity index (χ3v) is 3.84. The largest absolute Gasteiger partial charge is 0.389 e. The number of rotatable bonds is 3. The molecule has 1 fully saturated rings. The number of aryl methyl sites for hydroxylation is 1. The molecule has 0 unspecified atom stereocenters. The Kier molecular flexibility index (Phi) is 4.17. The van der Waals surface area contributed by atoms with Crippen molar-refractivity contribution < 1.29 is 0 Å². The molecule has 3 N–H and O–H groups in total. The average molecular weight is 263 g/mol. The summed E-state index contributed by atoms with van der Waals surface area (Å²) in [6.07, 6.45) is 5.04. The van der Waals surface area contributed by atoms with E-state index in [0.717, 1.165) is 23.0 Å². The molecular weight excluding hydrogens is 242 g/mol. The van der Waals surface area contributed by atoms with Crippen molar-refractivity contribution >= 4 is 23.0 Å². The van der Waals surface area contributed by atoms with Crippen LogP contribution in [0.25, 0.3) is 0 Å². The van der Waals surface area contributed by atoms with Crippen LogP contribution in [0.3, 0.4) is 0 Å². The van der Waals surface area contributed by atoms with Gasteiger partial charge in [-0.2, -0.15) is 0 Å². The van der Waals surface area contributed by atoms with Crippen molar-refractivity contribution in [2.24, 2.45) is 11.7 Å². The molecule has 0 aliphatic heterocycles. The fourth-order valence-electron chi connectivity index (χ4n) is 2.50. The van der Waals surface area contributed by atoms with Gasteiger partial charge in [0.1, 0.15) is 10.8 Å². The van der Waals surface area contributed by atoms with Crippen molar-refractivity contribution in [3.63, 3.8) is 0 Å². The molecule has 1 saturated carbocycles. The van der Waals surface area contributed by atoms with Gasteiger partial charge in [0.15, 0.2) is 0 Å². The van der Waals surface area contributed by atoms with Crippen LogP contribution in [-0.4, -0.2) is 16.0 Å². The Hall–Kier alpha value is -1.16. The summed E-state index contributed by atoms with van der Waals surface area (Å²) in [5, 5.41) is 3.51. The highest BCUT2D eigenvalue weighted by atomic mass is 32.1. The molecule has 0 saturated heterocycles. The fourth-order valence-corrected chi connectivity index (χ4v) is 2.62. The molecule has 1 aromatic heterocycles. The van der Waals surface area contributed by atoms with Crippen LogP contribution < -0.4 is 11.1 Å². The van der Waals surface area contributed by atoms with Crippen LogP contribution in [0, 0.1) is 12.8 Å². The second kappa shape index (κ2) is 5.65. The van der Waals surface area contributed by atoms with Gasteiger partial charge in [-0.25, -0.2) is 4.98 Å². The van der Waals surface area contributed by atoms with Crippen molar-refractivity contribution in [2.75, 3.05) is 5.32 Å². The van der Waals surface area contributed by atoms with E-state index < -0.39 is 0 Å². The van der Waals surface area contributed by atoms with Gasteiger partial charge in [0.05, 0.1) is 0 Å². The summed E-state index contributed by atoms with van der Waals surface area (Å²) in [5.74, 6) is 1.76. The van der Waals surface area contributed by atoms with Crippen molar-refractivity contribution in [3.05, 3.63) is 23.4 Å². The molecule has 0 bridgehead atoms. The highest BCUT2D eigenvalue weighted by molar-refractivity contribution is 7.80. The quantitative estimate of drug-likeness (QED) is 0.823. The number of thiocarbonyl (C=S) groups is 1.